The number of rotatable bonds is 6. The van der Waals surface area contributed by atoms with Crippen LogP contribution in [0.25, 0.3) is 0 Å². The lowest BCUT2D eigenvalue weighted by Gasteiger charge is -2.22. The monoisotopic (exact) mass is 356 g/mol. The highest BCUT2D eigenvalue weighted by atomic mass is 16.6. The maximum Gasteiger partial charge on any atom is 0.373 e. The highest BCUT2D eigenvalue weighted by Gasteiger charge is 2.27. The Bertz CT molecular complexity index is 756. The van der Waals surface area contributed by atoms with E-state index in [-0.39, 0.29) is 23.5 Å². The van der Waals surface area contributed by atoms with Crippen molar-refractivity contribution in [3.63, 3.8) is 0 Å². The maximum atomic E-state index is 11.6. The number of aromatic nitrogens is 2. The van der Waals surface area contributed by atoms with E-state index in [4.69, 9.17) is 4.74 Å². The largest absolute Gasteiger partial charge is 0.469 e. The van der Waals surface area contributed by atoms with Crippen molar-refractivity contribution in [2.45, 2.75) is 58.0 Å². The minimum absolute atomic E-state index is 0.0180. The molecule has 1 fully saturated rings. The molecule has 1 aromatic heterocycles. The first kappa shape index (κ1) is 18.1. The van der Waals surface area contributed by atoms with Gasteiger partial charge >= 0.3 is 5.69 Å². The van der Waals surface area contributed by atoms with Crippen LogP contribution in [-0.4, -0.2) is 21.0 Å². The zero-order valence-corrected chi connectivity index (χ0v) is 15.1. The molecule has 1 N–H and O–H groups in total. The summed E-state index contributed by atoms with van der Waals surface area (Å²) in [5.41, 5.74) is 1.72. The second kappa shape index (κ2) is 8.12. The minimum atomic E-state index is -0.483. The van der Waals surface area contributed by atoms with Gasteiger partial charge < -0.3 is 10.1 Å². The zero-order chi connectivity index (χ0) is 18.5. The van der Waals surface area contributed by atoms with E-state index in [9.17, 15) is 10.1 Å². The molecular formula is C19H24N4O3. The van der Waals surface area contributed by atoms with Gasteiger partial charge in [-0.3, -0.25) is 10.1 Å². The SMILES string of the molecule is CC(C)c1ccc(Nc2ncnc(OC3CCCCC3)c2[N+](=O)[O-])cc1. The molecule has 0 atom stereocenters. The van der Waals surface area contributed by atoms with Crippen molar-refractivity contribution in [1.82, 2.24) is 9.97 Å². The van der Waals surface area contributed by atoms with Gasteiger partial charge in [0.25, 0.3) is 5.88 Å². The lowest BCUT2D eigenvalue weighted by Crippen LogP contribution is -2.21. The van der Waals surface area contributed by atoms with Gasteiger partial charge in [0.2, 0.25) is 5.82 Å². The second-order valence-electron chi connectivity index (χ2n) is 6.91. The van der Waals surface area contributed by atoms with Crippen LogP contribution in [0, 0.1) is 10.1 Å². The lowest BCUT2D eigenvalue weighted by atomic mass is 9.98. The van der Waals surface area contributed by atoms with Crippen LogP contribution in [0.3, 0.4) is 0 Å². The molecule has 0 spiro atoms. The molecule has 2 aromatic rings. The van der Waals surface area contributed by atoms with E-state index in [1.54, 1.807) is 0 Å². The summed E-state index contributed by atoms with van der Waals surface area (Å²) in [5, 5.41) is 14.6. The molecule has 0 radical (unpaired) electrons. The summed E-state index contributed by atoms with van der Waals surface area (Å²) in [6.45, 7) is 4.24. The fourth-order valence-corrected chi connectivity index (χ4v) is 3.13. The summed E-state index contributed by atoms with van der Waals surface area (Å²) in [6.07, 6.45) is 6.44. The van der Waals surface area contributed by atoms with E-state index in [0.29, 0.717) is 5.92 Å². The number of anilines is 2. The van der Waals surface area contributed by atoms with E-state index in [1.165, 1.54) is 18.3 Å². The normalized spacial score (nSPS) is 15.0. The summed E-state index contributed by atoms with van der Waals surface area (Å²) in [5.74, 6) is 0.610. The van der Waals surface area contributed by atoms with Crippen molar-refractivity contribution >= 4 is 17.2 Å². The molecule has 0 amide bonds. The Morgan fingerprint density at radius 3 is 2.46 bits per heavy atom. The topological polar surface area (TPSA) is 90.2 Å². The highest BCUT2D eigenvalue weighted by Crippen LogP contribution is 2.35. The molecule has 138 valence electrons. The first-order valence-electron chi connectivity index (χ1n) is 9.07. The van der Waals surface area contributed by atoms with Crippen LogP contribution < -0.4 is 10.1 Å². The molecule has 0 bridgehead atoms. The third-order valence-corrected chi connectivity index (χ3v) is 4.64. The zero-order valence-electron chi connectivity index (χ0n) is 15.1. The molecule has 7 heteroatoms. The van der Waals surface area contributed by atoms with E-state index in [1.807, 2.05) is 24.3 Å². The van der Waals surface area contributed by atoms with Crippen LogP contribution in [0.2, 0.25) is 0 Å². The van der Waals surface area contributed by atoms with Crippen molar-refractivity contribution in [3.05, 3.63) is 46.3 Å². The molecule has 1 aliphatic rings. The van der Waals surface area contributed by atoms with Crippen molar-refractivity contribution < 1.29 is 9.66 Å². The summed E-state index contributed by atoms with van der Waals surface area (Å²) >= 11 is 0. The average Bonchev–Trinajstić information content (AvgIpc) is 2.63. The number of hydrogen-bond acceptors (Lipinski definition) is 6. The fourth-order valence-electron chi connectivity index (χ4n) is 3.13. The number of nitro groups is 1. The minimum Gasteiger partial charge on any atom is -0.469 e. The van der Waals surface area contributed by atoms with E-state index < -0.39 is 4.92 Å². The van der Waals surface area contributed by atoms with E-state index >= 15 is 0 Å². The van der Waals surface area contributed by atoms with Crippen LogP contribution in [0.15, 0.2) is 30.6 Å². The summed E-state index contributed by atoms with van der Waals surface area (Å²) in [7, 11) is 0. The number of ether oxygens (including phenoxy) is 1. The van der Waals surface area contributed by atoms with Crippen LogP contribution in [0.4, 0.5) is 17.2 Å². The molecule has 1 heterocycles. The highest BCUT2D eigenvalue weighted by molar-refractivity contribution is 5.68. The second-order valence-corrected chi connectivity index (χ2v) is 6.91. The summed E-state index contributed by atoms with van der Waals surface area (Å²) in [6, 6.07) is 7.78. The average molecular weight is 356 g/mol. The maximum absolute atomic E-state index is 11.6. The molecule has 0 aliphatic heterocycles. The van der Waals surface area contributed by atoms with Gasteiger partial charge in [-0.05, 0) is 49.3 Å². The van der Waals surface area contributed by atoms with Gasteiger partial charge in [-0.2, -0.15) is 4.98 Å². The van der Waals surface area contributed by atoms with Crippen molar-refractivity contribution in [3.8, 4) is 5.88 Å². The third-order valence-electron chi connectivity index (χ3n) is 4.64. The van der Waals surface area contributed by atoms with Crippen molar-refractivity contribution in [2.75, 3.05) is 5.32 Å². The van der Waals surface area contributed by atoms with Crippen LogP contribution in [-0.2, 0) is 0 Å². The smallest absolute Gasteiger partial charge is 0.373 e. The molecule has 26 heavy (non-hydrogen) atoms. The molecule has 1 aliphatic carbocycles. The van der Waals surface area contributed by atoms with Gasteiger partial charge in [0.05, 0.1) is 4.92 Å². The van der Waals surface area contributed by atoms with Gasteiger partial charge in [0, 0.05) is 5.69 Å². The Labute approximate surface area is 153 Å². The van der Waals surface area contributed by atoms with E-state index in [0.717, 1.165) is 31.4 Å². The summed E-state index contributed by atoms with van der Waals surface area (Å²) in [4.78, 5) is 19.2. The Hall–Kier alpha value is -2.70. The number of nitrogens with zero attached hydrogens (tertiary/aromatic N) is 3. The van der Waals surface area contributed by atoms with Gasteiger partial charge in [0.1, 0.15) is 12.4 Å². The lowest BCUT2D eigenvalue weighted by molar-refractivity contribution is -0.385. The number of benzene rings is 1. The van der Waals surface area contributed by atoms with Gasteiger partial charge in [-0.25, -0.2) is 4.98 Å². The Morgan fingerprint density at radius 1 is 1.15 bits per heavy atom. The standard InChI is InChI=1S/C19H24N4O3/c1-13(2)14-8-10-15(11-9-14)22-18-17(23(24)25)19(21-12-20-18)26-16-6-4-3-5-7-16/h8-13,16H,3-7H2,1-2H3,(H,20,21,22). The number of nitrogens with one attached hydrogen (secondary N) is 1. The van der Waals surface area contributed by atoms with Gasteiger partial charge in [-0.15, -0.1) is 0 Å². The van der Waals surface area contributed by atoms with Crippen LogP contribution >= 0.6 is 0 Å². The summed E-state index contributed by atoms with van der Waals surface area (Å²) < 4.78 is 5.84. The first-order chi connectivity index (χ1) is 12.5. The molecule has 1 aromatic carbocycles. The van der Waals surface area contributed by atoms with Crippen molar-refractivity contribution in [2.24, 2.45) is 0 Å². The van der Waals surface area contributed by atoms with Gasteiger partial charge in [-0.1, -0.05) is 32.4 Å². The molecule has 7 nitrogen and oxygen atoms in total. The number of hydrogen-bond donors (Lipinski definition) is 1. The molecular weight excluding hydrogens is 332 g/mol. The molecule has 0 saturated heterocycles. The molecule has 0 unspecified atom stereocenters. The third kappa shape index (κ3) is 4.28. The van der Waals surface area contributed by atoms with Crippen LogP contribution in [0.1, 0.15) is 57.4 Å². The predicted molar refractivity (Wildman–Crippen MR) is 100 cm³/mol. The first-order valence-corrected chi connectivity index (χ1v) is 9.07. The van der Waals surface area contributed by atoms with Crippen molar-refractivity contribution in [1.29, 1.82) is 0 Å². The Morgan fingerprint density at radius 2 is 1.85 bits per heavy atom. The molecule has 3 rings (SSSR count). The molecule has 1 saturated carbocycles. The fraction of sp³-hybridized carbons (Fsp3) is 0.474. The quantitative estimate of drug-likeness (QED) is 0.581. The van der Waals surface area contributed by atoms with E-state index in [2.05, 4.69) is 29.1 Å². The predicted octanol–water partition coefficient (Wildman–Crippen LogP) is 4.96. The Kier molecular flexibility index (Phi) is 5.65. The van der Waals surface area contributed by atoms with Gasteiger partial charge in [0.15, 0.2) is 0 Å². The Balaban J connectivity index is 1.84. The van der Waals surface area contributed by atoms with Crippen LogP contribution in [0.5, 0.6) is 5.88 Å².